The molecule has 1 aromatic heterocycles. The van der Waals surface area contributed by atoms with Crippen molar-refractivity contribution in [2.75, 3.05) is 5.32 Å². The minimum atomic E-state index is -0.944. The number of halogens is 1. The van der Waals surface area contributed by atoms with Crippen molar-refractivity contribution in [2.24, 2.45) is 0 Å². The normalized spacial score (nSPS) is 13.2. The quantitative estimate of drug-likeness (QED) is 0.790. The van der Waals surface area contributed by atoms with Crippen molar-refractivity contribution in [1.82, 2.24) is 15.3 Å². The van der Waals surface area contributed by atoms with Gasteiger partial charge in [0.25, 0.3) is 0 Å². The van der Waals surface area contributed by atoms with E-state index >= 15 is 0 Å². The third kappa shape index (κ3) is 4.72. The summed E-state index contributed by atoms with van der Waals surface area (Å²) < 4.78 is 12.9. The third-order valence-electron chi connectivity index (χ3n) is 3.32. The fourth-order valence-electron chi connectivity index (χ4n) is 2.00. The highest BCUT2D eigenvalue weighted by atomic mass is 19.1. The number of benzene rings is 1. The van der Waals surface area contributed by atoms with E-state index in [1.807, 2.05) is 6.92 Å². The molecule has 3 N–H and O–H groups in total. The van der Waals surface area contributed by atoms with E-state index in [0.29, 0.717) is 23.5 Å². The predicted molar refractivity (Wildman–Crippen MR) is 84.4 cm³/mol. The number of hydrogen-bond acceptors (Lipinski definition) is 4. The summed E-state index contributed by atoms with van der Waals surface area (Å²) in [5.74, 6) is 0.311. The fourth-order valence-corrected chi connectivity index (χ4v) is 2.00. The van der Waals surface area contributed by atoms with Gasteiger partial charge >= 0.3 is 6.03 Å². The lowest BCUT2D eigenvalue weighted by atomic mass is 10.0. The number of carbonyl (C=O) groups excluding carboxylic acids is 1. The molecule has 0 radical (unpaired) electrons. The van der Waals surface area contributed by atoms with Gasteiger partial charge in [0.1, 0.15) is 11.6 Å². The first-order chi connectivity index (χ1) is 11.0. The van der Waals surface area contributed by atoms with Crippen LogP contribution in [-0.4, -0.2) is 27.1 Å². The number of aliphatic hydroxyl groups excluding tert-OH is 1. The van der Waals surface area contributed by atoms with Crippen LogP contribution in [0.4, 0.5) is 14.9 Å². The maximum Gasteiger partial charge on any atom is 0.319 e. The van der Waals surface area contributed by atoms with Crippen LogP contribution in [0.1, 0.15) is 31.3 Å². The van der Waals surface area contributed by atoms with Crippen LogP contribution < -0.4 is 10.6 Å². The number of rotatable bonds is 5. The molecule has 1 heterocycles. The Labute approximate surface area is 133 Å². The molecule has 2 unspecified atom stereocenters. The zero-order valence-corrected chi connectivity index (χ0v) is 13.0. The first-order valence-electron chi connectivity index (χ1n) is 7.31. The maximum atomic E-state index is 12.9. The lowest BCUT2D eigenvalue weighted by molar-refractivity contribution is 0.139. The average molecular weight is 318 g/mol. The Kier molecular flexibility index (Phi) is 5.59. The lowest BCUT2D eigenvalue weighted by Gasteiger charge is -2.20. The summed E-state index contributed by atoms with van der Waals surface area (Å²) in [6, 6.07) is 4.44. The molecule has 0 bridgehead atoms. The van der Waals surface area contributed by atoms with Crippen LogP contribution in [0.15, 0.2) is 36.7 Å². The molecule has 23 heavy (non-hydrogen) atoms. The molecule has 122 valence electrons. The van der Waals surface area contributed by atoms with Crippen LogP contribution >= 0.6 is 0 Å². The van der Waals surface area contributed by atoms with Gasteiger partial charge in [-0.25, -0.2) is 19.2 Å². The number of anilines is 1. The molecule has 0 aliphatic carbocycles. The van der Waals surface area contributed by atoms with E-state index in [4.69, 9.17) is 0 Å². The minimum Gasteiger partial charge on any atom is -0.386 e. The molecular weight excluding hydrogens is 299 g/mol. The topological polar surface area (TPSA) is 87.1 Å². The van der Waals surface area contributed by atoms with Crippen molar-refractivity contribution >= 4 is 11.7 Å². The molecule has 2 amide bonds. The van der Waals surface area contributed by atoms with Gasteiger partial charge in [0, 0.05) is 6.42 Å². The fraction of sp³-hybridized carbons (Fsp3) is 0.312. The monoisotopic (exact) mass is 318 g/mol. The summed E-state index contributed by atoms with van der Waals surface area (Å²) in [5, 5.41) is 15.4. The van der Waals surface area contributed by atoms with Crippen LogP contribution in [0.3, 0.4) is 0 Å². The summed E-state index contributed by atoms with van der Waals surface area (Å²) in [5.41, 5.74) is 0.984. The van der Waals surface area contributed by atoms with Crippen molar-refractivity contribution in [1.29, 1.82) is 0 Å². The first-order valence-corrected chi connectivity index (χ1v) is 7.31. The van der Waals surface area contributed by atoms with Gasteiger partial charge in [0.05, 0.1) is 30.2 Å². The summed E-state index contributed by atoms with van der Waals surface area (Å²) in [6.07, 6.45) is 2.81. The smallest absolute Gasteiger partial charge is 0.319 e. The Balaban J connectivity index is 1.91. The Morgan fingerprint density at radius 2 is 1.87 bits per heavy atom. The second kappa shape index (κ2) is 7.64. The number of aliphatic hydroxyl groups is 1. The van der Waals surface area contributed by atoms with Gasteiger partial charge in [-0.05, 0) is 24.6 Å². The van der Waals surface area contributed by atoms with Crippen LogP contribution in [0.25, 0.3) is 0 Å². The molecule has 2 aromatic rings. The van der Waals surface area contributed by atoms with Crippen molar-refractivity contribution in [3.8, 4) is 0 Å². The molecule has 6 nitrogen and oxygen atoms in total. The lowest BCUT2D eigenvalue weighted by Crippen LogP contribution is -2.39. The van der Waals surface area contributed by atoms with Crippen molar-refractivity contribution < 1.29 is 14.3 Å². The molecule has 0 spiro atoms. The molecule has 7 heteroatoms. The number of nitrogens with zero attached hydrogens (tertiary/aromatic N) is 2. The second-order valence-corrected chi connectivity index (χ2v) is 5.13. The summed E-state index contributed by atoms with van der Waals surface area (Å²) in [6.45, 7) is 3.60. The van der Waals surface area contributed by atoms with Crippen molar-refractivity contribution in [2.45, 2.75) is 32.4 Å². The number of hydrogen-bond donors (Lipinski definition) is 3. The number of amides is 2. The molecule has 0 aliphatic heterocycles. The Bertz CT molecular complexity index is 646. The molecule has 1 aromatic carbocycles. The van der Waals surface area contributed by atoms with E-state index in [-0.39, 0.29) is 5.82 Å². The summed E-state index contributed by atoms with van der Waals surface area (Å²) >= 11 is 0. The molecule has 0 saturated carbocycles. The van der Waals surface area contributed by atoms with E-state index in [2.05, 4.69) is 20.6 Å². The Morgan fingerprint density at radius 3 is 2.43 bits per heavy atom. The van der Waals surface area contributed by atoms with E-state index < -0.39 is 18.2 Å². The van der Waals surface area contributed by atoms with Crippen LogP contribution in [0.2, 0.25) is 0 Å². The van der Waals surface area contributed by atoms with E-state index in [0.717, 1.165) is 0 Å². The Hall–Kier alpha value is -2.54. The molecule has 0 fully saturated rings. The largest absolute Gasteiger partial charge is 0.386 e. The van der Waals surface area contributed by atoms with Gasteiger partial charge in [-0.1, -0.05) is 19.1 Å². The van der Waals surface area contributed by atoms with Gasteiger partial charge < -0.3 is 15.7 Å². The predicted octanol–water partition coefficient (Wildman–Crippen LogP) is 2.42. The number of aryl methyl sites for hydroxylation is 1. The summed E-state index contributed by atoms with van der Waals surface area (Å²) in [7, 11) is 0. The van der Waals surface area contributed by atoms with Gasteiger partial charge in [-0.3, -0.25) is 0 Å². The van der Waals surface area contributed by atoms with E-state index in [9.17, 15) is 14.3 Å². The van der Waals surface area contributed by atoms with Gasteiger partial charge in [-0.2, -0.15) is 0 Å². The van der Waals surface area contributed by atoms with Crippen LogP contribution in [0, 0.1) is 5.82 Å². The molecule has 0 aliphatic rings. The highest BCUT2D eigenvalue weighted by Gasteiger charge is 2.18. The standard InChI is InChI=1S/C16H19FN4O2/c1-3-14-18-8-13(9-19-14)21-16(23)20-10(2)15(22)11-4-6-12(17)7-5-11/h4-10,15,22H,3H2,1-2H3,(H2,20,21,23). The van der Waals surface area contributed by atoms with Gasteiger partial charge in [0.15, 0.2) is 0 Å². The number of aromatic nitrogens is 2. The molecule has 2 atom stereocenters. The minimum absolute atomic E-state index is 0.380. The second-order valence-electron chi connectivity index (χ2n) is 5.13. The van der Waals surface area contributed by atoms with Crippen LogP contribution in [-0.2, 0) is 6.42 Å². The van der Waals surface area contributed by atoms with Crippen molar-refractivity contribution in [3.05, 3.63) is 53.9 Å². The van der Waals surface area contributed by atoms with E-state index in [1.165, 1.54) is 36.7 Å². The highest BCUT2D eigenvalue weighted by molar-refractivity contribution is 5.89. The zero-order chi connectivity index (χ0) is 16.8. The van der Waals surface area contributed by atoms with Crippen molar-refractivity contribution in [3.63, 3.8) is 0 Å². The zero-order valence-electron chi connectivity index (χ0n) is 13.0. The third-order valence-corrected chi connectivity index (χ3v) is 3.32. The number of urea groups is 1. The van der Waals surface area contributed by atoms with E-state index in [1.54, 1.807) is 6.92 Å². The molecule has 0 saturated heterocycles. The highest BCUT2D eigenvalue weighted by Crippen LogP contribution is 2.17. The average Bonchev–Trinajstić information content (AvgIpc) is 2.55. The number of carbonyl (C=O) groups is 1. The SMILES string of the molecule is CCc1ncc(NC(=O)NC(C)C(O)c2ccc(F)cc2)cn1. The number of nitrogens with one attached hydrogen (secondary N) is 2. The van der Waals surface area contributed by atoms with Gasteiger partial charge in [0.2, 0.25) is 0 Å². The van der Waals surface area contributed by atoms with Gasteiger partial charge in [-0.15, -0.1) is 0 Å². The first kappa shape index (κ1) is 16.8. The Morgan fingerprint density at radius 1 is 1.26 bits per heavy atom. The van der Waals surface area contributed by atoms with Crippen LogP contribution in [0.5, 0.6) is 0 Å². The molecule has 2 rings (SSSR count). The maximum absolute atomic E-state index is 12.9. The molecular formula is C16H19FN4O2. The summed E-state index contributed by atoms with van der Waals surface area (Å²) in [4.78, 5) is 20.1.